The van der Waals surface area contributed by atoms with Crippen LogP contribution >= 0.6 is 22.6 Å². The van der Waals surface area contributed by atoms with Gasteiger partial charge in [-0.1, -0.05) is 43.4 Å². The Morgan fingerprint density at radius 3 is 2.45 bits per heavy atom. The summed E-state index contributed by atoms with van der Waals surface area (Å²) in [4.78, 5) is 31.1. The fraction of sp³-hybridized carbons (Fsp3) is 0.625. The maximum Gasteiger partial charge on any atom is 0.419 e. The average Bonchev–Trinajstić information content (AvgIpc) is 2.97. The summed E-state index contributed by atoms with van der Waals surface area (Å²) >= 11 is 2.21. The second kappa shape index (κ2) is 8.71. The largest absolute Gasteiger partial charge is 0.461 e. The number of carbonyl (C=O) groups is 2. The third-order valence-electron chi connectivity index (χ3n) is 5.81. The van der Waals surface area contributed by atoms with Gasteiger partial charge >= 0.3 is 12.1 Å². The number of aromatic nitrogens is 2. The summed E-state index contributed by atoms with van der Waals surface area (Å²) in [5.41, 5.74) is 3.98. The number of esters is 1. The second-order valence-corrected chi connectivity index (χ2v) is 11.0. The highest BCUT2D eigenvalue weighted by atomic mass is 127. The number of hydrogen-bond donors (Lipinski definition) is 0. The summed E-state index contributed by atoms with van der Waals surface area (Å²) in [6.07, 6.45) is 2.32. The lowest BCUT2D eigenvalue weighted by Crippen LogP contribution is -2.29. The maximum absolute atomic E-state index is 13.2. The minimum Gasteiger partial charge on any atom is -0.461 e. The predicted octanol–water partition coefficient (Wildman–Crippen LogP) is 6.08. The molecule has 0 aromatic carbocycles. The Balaban J connectivity index is 2.25. The molecule has 0 fully saturated rings. The summed E-state index contributed by atoms with van der Waals surface area (Å²) in [6, 6.07) is 2.04. The van der Waals surface area contributed by atoms with Crippen LogP contribution in [-0.2, 0) is 26.7 Å². The molecule has 0 radical (unpaired) electrons. The van der Waals surface area contributed by atoms with Crippen molar-refractivity contribution in [1.82, 2.24) is 9.55 Å². The van der Waals surface area contributed by atoms with E-state index < -0.39 is 17.7 Å². The summed E-state index contributed by atoms with van der Waals surface area (Å²) < 4.78 is 12.9. The van der Waals surface area contributed by atoms with Gasteiger partial charge in [0, 0.05) is 15.7 Å². The van der Waals surface area contributed by atoms with Crippen LogP contribution in [-0.4, -0.2) is 33.8 Å². The first kappa shape index (κ1) is 24.0. The zero-order valence-corrected chi connectivity index (χ0v) is 21.8. The molecule has 0 saturated heterocycles. The Morgan fingerprint density at radius 1 is 1.23 bits per heavy atom. The highest BCUT2D eigenvalue weighted by Gasteiger charge is 2.34. The number of pyridine rings is 1. The number of hydrogen-bond acceptors (Lipinski definition) is 5. The van der Waals surface area contributed by atoms with Crippen LogP contribution in [0.3, 0.4) is 0 Å². The van der Waals surface area contributed by atoms with Crippen molar-refractivity contribution in [2.45, 2.75) is 77.8 Å². The average molecular weight is 540 g/mol. The van der Waals surface area contributed by atoms with E-state index in [1.807, 2.05) is 26.8 Å². The van der Waals surface area contributed by atoms with Crippen LogP contribution in [0.5, 0.6) is 0 Å². The van der Waals surface area contributed by atoms with Crippen LogP contribution in [0.25, 0.3) is 11.0 Å². The molecule has 7 heteroatoms. The summed E-state index contributed by atoms with van der Waals surface area (Å²) in [7, 11) is 0. The minimum absolute atomic E-state index is 0.198. The molecule has 1 unspecified atom stereocenters. The lowest BCUT2D eigenvalue weighted by atomic mass is 9.71. The van der Waals surface area contributed by atoms with E-state index in [9.17, 15) is 9.59 Å². The lowest BCUT2D eigenvalue weighted by Gasteiger charge is -2.34. The van der Waals surface area contributed by atoms with E-state index in [1.165, 1.54) is 4.57 Å². The molecule has 2 aromatic heterocycles. The molecular weight excluding hydrogens is 507 g/mol. The Morgan fingerprint density at radius 2 is 1.90 bits per heavy atom. The molecule has 1 aliphatic rings. The van der Waals surface area contributed by atoms with Crippen molar-refractivity contribution in [2.75, 3.05) is 6.61 Å². The second-order valence-electron chi connectivity index (χ2n) is 10.3. The standard InChI is InChI=1S/C24H33IN2O4/c1-8-30-21(28)20-16(13-25)19-18(27(20)22(29)31-24(5,6)7)12-14-11-15(23(2,3)4)9-10-17(14)26-19/h12,15H,8-11,13H2,1-7H3. The van der Waals surface area contributed by atoms with Crippen molar-refractivity contribution in [3.05, 3.63) is 28.6 Å². The van der Waals surface area contributed by atoms with Gasteiger partial charge in [-0.25, -0.2) is 14.2 Å². The fourth-order valence-corrected chi connectivity index (χ4v) is 4.91. The van der Waals surface area contributed by atoms with Gasteiger partial charge in [0.25, 0.3) is 0 Å². The predicted molar refractivity (Wildman–Crippen MR) is 130 cm³/mol. The van der Waals surface area contributed by atoms with E-state index in [0.29, 0.717) is 21.4 Å². The molecule has 0 bridgehead atoms. The van der Waals surface area contributed by atoms with Crippen molar-refractivity contribution in [1.29, 1.82) is 0 Å². The lowest BCUT2D eigenvalue weighted by molar-refractivity contribution is 0.0453. The highest BCUT2D eigenvalue weighted by Crippen LogP contribution is 2.39. The topological polar surface area (TPSA) is 70.4 Å². The molecule has 1 aliphatic carbocycles. The molecule has 1 atom stereocenters. The van der Waals surface area contributed by atoms with Crippen LogP contribution in [0.1, 0.15) is 82.2 Å². The number of alkyl halides is 1. The quantitative estimate of drug-likeness (QED) is 0.268. The molecule has 2 heterocycles. The molecule has 170 valence electrons. The van der Waals surface area contributed by atoms with Crippen LogP contribution in [0, 0.1) is 11.3 Å². The number of rotatable bonds is 3. The number of nitrogens with zero attached hydrogens (tertiary/aromatic N) is 2. The van der Waals surface area contributed by atoms with Gasteiger partial charge in [0.2, 0.25) is 0 Å². The van der Waals surface area contributed by atoms with Gasteiger partial charge in [-0.05, 0) is 69.9 Å². The minimum atomic E-state index is -0.691. The summed E-state index contributed by atoms with van der Waals surface area (Å²) in [5, 5.41) is 0. The SMILES string of the molecule is CCOC(=O)c1c(CI)c2nc3c(cc2n1C(=O)OC(C)(C)C)CC(C(C)(C)C)CC3. The van der Waals surface area contributed by atoms with E-state index in [1.54, 1.807) is 6.92 Å². The van der Waals surface area contributed by atoms with Gasteiger partial charge in [-0.3, -0.25) is 4.98 Å². The van der Waals surface area contributed by atoms with Gasteiger partial charge in [-0.15, -0.1) is 0 Å². The number of ether oxygens (including phenoxy) is 2. The van der Waals surface area contributed by atoms with Crippen LogP contribution in [0.4, 0.5) is 4.79 Å². The normalized spacial score (nSPS) is 16.8. The molecular formula is C24H33IN2O4. The third kappa shape index (κ3) is 4.91. The summed E-state index contributed by atoms with van der Waals surface area (Å²) in [5.74, 6) is 0.0151. The van der Waals surface area contributed by atoms with E-state index in [2.05, 4.69) is 43.4 Å². The first-order chi connectivity index (χ1) is 14.4. The molecule has 0 amide bonds. The maximum atomic E-state index is 13.2. The molecule has 0 spiro atoms. The molecule has 0 aliphatic heterocycles. The van der Waals surface area contributed by atoms with Crippen molar-refractivity contribution in [2.24, 2.45) is 11.3 Å². The van der Waals surface area contributed by atoms with Crippen molar-refractivity contribution >= 4 is 45.7 Å². The van der Waals surface area contributed by atoms with Gasteiger partial charge < -0.3 is 9.47 Å². The van der Waals surface area contributed by atoms with Crippen molar-refractivity contribution in [3.63, 3.8) is 0 Å². The van der Waals surface area contributed by atoms with Crippen LogP contribution in [0.2, 0.25) is 0 Å². The first-order valence-electron chi connectivity index (χ1n) is 10.9. The number of aryl methyl sites for hydroxylation is 1. The Kier molecular flexibility index (Phi) is 6.75. The Labute approximate surface area is 198 Å². The van der Waals surface area contributed by atoms with E-state index in [0.717, 1.165) is 36.1 Å². The highest BCUT2D eigenvalue weighted by molar-refractivity contribution is 14.1. The monoisotopic (exact) mass is 540 g/mol. The zero-order valence-electron chi connectivity index (χ0n) is 19.6. The van der Waals surface area contributed by atoms with Gasteiger partial charge in [0.15, 0.2) is 0 Å². The van der Waals surface area contributed by atoms with Crippen molar-refractivity contribution in [3.8, 4) is 0 Å². The smallest absolute Gasteiger partial charge is 0.419 e. The van der Waals surface area contributed by atoms with Crippen molar-refractivity contribution < 1.29 is 19.1 Å². The molecule has 2 aromatic rings. The fourth-order valence-electron chi connectivity index (χ4n) is 4.19. The third-order valence-corrected chi connectivity index (χ3v) is 6.57. The Hall–Kier alpha value is -1.64. The first-order valence-corrected chi connectivity index (χ1v) is 12.4. The van der Waals surface area contributed by atoms with Gasteiger partial charge in [0.05, 0.1) is 17.6 Å². The number of fused-ring (bicyclic) bond motifs is 2. The molecule has 6 nitrogen and oxygen atoms in total. The number of halogens is 1. The van der Waals surface area contributed by atoms with E-state index in [4.69, 9.17) is 14.5 Å². The molecule has 0 N–H and O–H groups in total. The van der Waals surface area contributed by atoms with Crippen LogP contribution < -0.4 is 0 Å². The van der Waals surface area contributed by atoms with E-state index >= 15 is 0 Å². The van der Waals surface area contributed by atoms with Crippen LogP contribution in [0.15, 0.2) is 6.07 Å². The molecule has 0 saturated carbocycles. The van der Waals surface area contributed by atoms with Gasteiger partial charge in [0.1, 0.15) is 11.3 Å². The zero-order chi connectivity index (χ0) is 23.1. The summed E-state index contributed by atoms with van der Waals surface area (Å²) in [6.45, 7) is 14.2. The Bertz CT molecular complexity index is 1010. The molecule has 31 heavy (non-hydrogen) atoms. The van der Waals surface area contributed by atoms with E-state index in [-0.39, 0.29) is 17.7 Å². The van der Waals surface area contributed by atoms with Gasteiger partial charge in [-0.2, -0.15) is 0 Å². The molecule has 3 rings (SSSR count). The number of carbonyl (C=O) groups excluding carboxylic acids is 2.